The van der Waals surface area contributed by atoms with Gasteiger partial charge in [0.15, 0.2) is 0 Å². The van der Waals surface area contributed by atoms with Crippen molar-refractivity contribution < 1.29 is 14.3 Å². The molecular formula is C14H27NO3. The molecule has 0 aromatic carbocycles. The van der Waals surface area contributed by atoms with Gasteiger partial charge in [0.25, 0.3) is 0 Å². The molecule has 4 nitrogen and oxygen atoms in total. The first kappa shape index (κ1) is 15.4. The molecule has 0 bridgehead atoms. The van der Waals surface area contributed by atoms with Crippen LogP contribution in [0, 0.1) is 0 Å². The summed E-state index contributed by atoms with van der Waals surface area (Å²) in [6.07, 6.45) is 4.09. The molecule has 0 spiro atoms. The minimum atomic E-state index is -0.0640. The van der Waals surface area contributed by atoms with Crippen LogP contribution in [0.25, 0.3) is 0 Å². The van der Waals surface area contributed by atoms with Gasteiger partial charge in [0.05, 0.1) is 19.3 Å². The number of ether oxygens (including phenoxy) is 2. The van der Waals surface area contributed by atoms with E-state index in [0.717, 1.165) is 39.0 Å². The molecule has 2 atom stereocenters. The van der Waals surface area contributed by atoms with Gasteiger partial charge in [-0.05, 0) is 40.2 Å². The van der Waals surface area contributed by atoms with Crippen LogP contribution >= 0.6 is 0 Å². The van der Waals surface area contributed by atoms with Crippen molar-refractivity contribution in [3.05, 3.63) is 0 Å². The van der Waals surface area contributed by atoms with Crippen molar-refractivity contribution in [3.8, 4) is 0 Å². The standard InChI is InChI=1S/C14H27NO3/c1-4-17-14(16)8-6-5-7-9-15-10-13(3)18-11-12(15)2/h12-13H,4-11H2,1-3H3/t12-,13-/m1/s1. The van der Waals surface area contributed by atoms with Crippen molar-refractivity contribution in [1.82, 2.24) is 4.90 Å². The van der Waals surface area contributed by atoms with Crippen molar-refractivity contribution in [1.29, 1.82) is 0 Å². The van der Waals surface area contributed by atoms with Crippen molar-refractivity contribution in [2.24, 2.45) is 0 Å². The lowest BCUT2D eigenvalue weighted by Gasteiger charge is -2.36. The number of rotatable bonds is 7. The Morgan fingerprint density at radius 1 is 1.33 bits per heavy atom. The lowest BCUT2D eigenvalue weighted by Crippen LogP contribution is -2.47. The number of nitrogens with zero attached hydrogens (tertiary/aromatic N) is 1. The van der Waals surface area contributed by atoms with Gasteiger partial charge in [-0.25, -0.2) is 0 Å². The van der Waals surface area contributed by atoms with Crippen molar-refractivity contribution >= 4 is 5.97 Å². The third-order valence-electron chi connectivity index (χ3n) is 3.37. The number of esters is 1. The molecule has 1 aliphatic rings. The van der Waals surface area contributed by atoms with Gasteiger partial charge < -0.3 is 9.47 Å². The Morgan fingerprint density at radius 3 is 2.83 bits per heavy atom. The van der Waals surface area contributed by atoms with Gasteiger partial charge in [0, 0.05) is 19.0 Å². The monoisotopic (exact) mass is 257 g/mol. The average molecular weight is 257 g/mol. The summed E-state index contributed by atoms with van der Waals surface area (Å²) in [5, 5.41) is 0. The van der Waals surface area contributed by atoms with E-state index in [1.165, 1.54) is 0 Å². The number of unbranched alkanes of at least 4 members (excludes halogenated alkanes) is 2. The van der Waals surface area contributed by atoms with Crippen LogP contribution in [0.15, 0.2) is 0 Å². The molecule has 1 heterocycles. The largest absolute Gasteiger partial charge is 0.466 e. The summed E-state index contributed by atoms with van der Waals surface area (Å²) >= 11 is 0. The second kappa shape index (κ2) is 8.48. The summed E-state index contributed by atoms with van der Waals surface area (Å²) < 4.78 is 10.5. The first-order valence-electron chi connectivity index (χ1n) is 7.14. The van der Waals surface area contributed by atoms with Crippen LogP contribution in [0.3, 0.4) is 0 Å². The first-order valence-corrected chi connectivity index (χ1v) is 7.14. The molecular weight excluding hydrogens is 230 g/mol. The number of morpholine rings is 1. The molecule has 0 unspecified atom stereocenters. The molecule has 0 saturated carbocycles. The maximum atomic E-state index is 11.2. The Hall–Kier alpha value is -0.610. The fourth-order valence-corrected chi connectivity index (χ4v) is 2.28. The van der Waals surface area contributed by atoms with E-state index < -0.39 is 0 Å². The molecule has 4 heteroatoms. The molecule has 106 valence electrons. The molecule has 0 aromatic heterocycles. The zero-order valence-electron chi connectivity index (χ0n) is 12.0. The lowest BCUT2D eigenvalue weighted by atomic mass is 10.1. The van der Waals surface area contributed by atoms with E-state index in [1.807, 2.05) is 6.92 Å². The van der Waals surface area contributed by atoms with E-state index in [4.69, 9.17) is 9.47 Å². The molecule has 1 rings (SSSR count). The third-order valence-corrected chi connectivity index (χ3v) is 3.37. The molecule has 0 aromatic rings. The van der Waals surface area contributed by atoms with E-state index in [0.29, 0.717) is 25.2 Å². The van der Waals surface area contributed by atoms with E-state index in [2.05, 4.69) is 18.7 Å². The van der Waals surface area contributed by atoms with Crippen LogP contribution in [0.5, 0.6) is 0 Å². The van der Waals surface area contributed by atoms with E-state index in [9.17, 15) is 4.79 Å². The number of carbonyl (C=O) groups excluding carboxylic acids is 1. The summed E-state index contributed by atoms with van der Waals surface area (Å²) in [7, 11) is 0. The maximum Gasteiger partial charge on any atom is 0.305 e. The number of hydrogen-bond acceptors (Lipinski definition) is 4. The first-order chi connectivity index (χ1) is 8.63. The molecule has 0 amide bonds. The molecule has 0 radical (unpaired) electrons. The third kappa shape index (κ3) is 5.83. The van der Waals surface area contributed by atoms with Crippen LogP contribution in [0.2, 0.25) is 0 Å². The Labute approximate surface area is 111 Å². The van der Waals surface area contributed by atoms with Crippen LogP contribution in [-0.4, -0.2) is 49.3 Å². The highest BCUT2D eigenvalue weighted by Gasteiger charge is 2.22. The summed E-state index contributed by atoms with van der Waals surface area (Å²) in [5.74, 6) is -0.0640. The predicted molar refractivity (Wildman–Crippen MR) is 71.6 cm³/mol. The quantitative estimate of drug-likeness (QED) is 0.518. The summed E-state index contributed by atoms with van der Waals surface area (Å²) in [4.78, 5) is 13.6. The normalized spacial score (nSPS) is 25.1. The summed E-state index contributed by atoms with van der Waals surface area (Å²) in [6.45, 7) is 9.64. The highest BCUT2D eigenvalue weighted by atomic mass is 16.5. The highest BCUT2D eigenvalue weighted by Crippen LogP contribution is 2.13. The summed E-state index contributed by atoms with van der Waals surface area (Å²) in [5.41, 5.74) is 0. The zero-order chi connectivity index (χ0) is 13.4. The Kier molecular flexibility index (Phi) is 7.28. The van der Waals surface area contributed by atoms with Gasteiger partial charge in [-0.2, -0.15) is 0 Å². The second-order valence-electron chi connectivity index (χ2n) is 5.10. The van der Waals surface area contributed by atoms with Gasteiger partial charge in [-0.3, -0.25) is 9.69 Å². The van der Waals surface area contributed by atoms with Crippen molar-refractivity contribution in [2.75, 3.05) is 26.3 Å². The van der Waals surface area contributed by atoms with Gasteiger partial charge in [-0.1, -0.05) is 6.42 Å². The Balaban J connectivity index is 2.04. The Bertz CT molecular complexity index is 245. The SMILES string of the molecule is CCOC(=O)CCCCCN1C[C@@H](C)OC[C@H]1C. The molecule has 0 N–H and O–H groups in total. The fraction of sp³-hybridized carbons (Fsp3) is 0.929. The van der Waals surface area contributed by atoms with E-state index in [1.54, 1.807) is 0 Å². The lowest BCUT2D eigenvalue weighted by molar-refractivity contribution is -0.143. The molecule has 1 fully saturated rings. The average Bonchev–Trinajstić information content (AvgIpc) is 2.33. The smallest absolute Gasteiger partial charge is 0.305 e. The van der Waals surface area contributed by atoms with Gasteiger partial charge in [-0.15, -0.1) is 0 Å². The van der Waals surface area contributed by atoms with E-state index >= 15 is 0 Å². The van der Waals surface area contributed by atoms with Gasteiger partial charge in [0.2, 0.25) is 0 Å². The van der Waals surface area contributed by atoms with Crippen molar-refractivity contribution in [3.63, 3.8) is 0 Å². The van der Waals surface area contributed by atoms with Gasteiger partial charge >= 0.3 is 5.97 Å². The fourth-order valence-electron chi connectivity index (χ4n) is 2.28. The van der Waals surface area contributed by atoms with Crippen LogP contribution in [0.4, 0.5) is 0 Å². The van der Waals surface area contributed by atoms with Crippen molar-refractivity contribution in [2.45, 2.75) is 58.6 Å². The molecule has 0 aliphatic carbocycles. The summed E-state index contributed by atoms with van der Waals surface area (Å²) in [6, 6.07) is 0.520. The minimum Gasteiger partial charge on any atom is -0.466 e. The number of hydrogen-bond donors (Lipinski definition) is 0. The predicted octanol–water partition coefficient (Wildman–Crippen LogP) is 2.22. The van der Waals surface area contributed by atoms with Crippen LogP contribution < -0.4 is 0 Å². The van der Waals surface area contributed by atoms with Crippen LogP contribution in [-0.2, 0) is 14.3 Å². The molecule has 18 heavy (non-hydrogen) atoms. The Morgan fingerprint density at radius 2 is 2.11 bits per heavy atom. The minimum absolute atomic E-state index is 0.0640. The highest BCUT2D eigenvalue weighted by molar-refractivity contribution is 5.69. The van der Waals surface area contributed by atoms with E-state index in [-0.39, 0.29) is 5.97 Å². The zero-order valence-corrected chi connectivity index (χ0v) is 12.0. The van der Waals surface area contributed by atoms with Gasteiger partial charge in [0.1, 0.15) is 0 Å². The topological polar surface area (TPSA) is 38.8 Å². The molecule has 1 saturated heterocycles. The second-order valence-corrected chi connectivity index (χ2v) is 5.10. The maximum absolute atomic E-state index is 11.2. The number of carbonyl (C=O) groups is 1. The molecule has 1 aliphatic heterocycles. The van der Waals surface area contributed by atoms with Crippen LogP contribution in [0.1, 0.15) is 46.5 Å².